The molecular formula is C14H20OSn. The van der Waals surface area contributed by atoms with Crippen LogP contribution < -0.4 is 4.74 Å². The molecular weight excluding hydrogens is 303 g/mol. The third-order valence-corrected chi connectivity index (χ3v) is 9.93. The molecule has 0 radical (unpaired) electrons. The van der Waals surface area contributed by atoms with Crippen LogP contribution in [0.5, 0.6) is 5.75 Å². The predicted octanol–water partition coefficient (Wildman–Crippen LogP) is 3.90. The number of rotatable bonds is 2. The van der Waals surface area contributed by atoms with Crippen molar-refractivity contribution < 1.29 is 4.74 Å². The van der Waals surface area contributed by atoms with Crippen molar-refractivity contribution in [2.45, 2.75) is 27.7 Å². The van der Waals surface area contributed by atoms with Crippen LogP contribution >= 0.6 is 0 Å². The number of aryl methyl sites for hydroxylation is 1. The number of allylic oxidation sites excluding steroid dienone is 1. The van der Waals surface area contributed by atoms with Gasteiger partial charge in [0, 0.05) is 0 Å². The normalized spacial score (nSPS) is 15.4. The molecule has 0 spiro atoms. The number of ether oxygens (including phenoxy) is 1. The van der Waals surface area contributed by atoms with E-state index < -0.39 is 18.4 Å². The Balaban J connectivity index is 2.38. The summed E-state index contributed by atoms with van der Waals surface area (Å²) in [5, 5.41) is 0. The molecule has 0 aromatic heterocycles. The fourth-order valence-electron chi connectivity index (χ4n) is 2.19. The first-order valence-electron chi connectivity index (χ1n) is 5.88. The van der Waals surface area contributed by atoms with Crippen LogP contribution in [0.2, 0.25) is 14.8 Å². The van der Waals surface area contributed by atoms with Crippen molar-refractivity contribution in [3.63, 3.8) is 0 Å². The summed E-state index contributed by atoms with van der Waals surface area (Å²) in [4.78, 5) is 7.49. The summed E-state index contributed by atoms with van der Waals surface area (Å²) in [5.74, 6) is 0.981. The maximum atomic E-state index is 5.27. The van der Waals surface area contributed by atoms with Crippen molar-refractivity contribution in [2.24, 2.45) is 0 Å². The number of fused-ring (bicyclic) bond motifs is 1. The van der Waals surface area contributed by atoms with Crippen LogP contribution in [0.1, 0.15) is 17.5 Å². The number of methoxy groups -OCH3 is 1. The molecule has 0 bridgehead atoms. The first-order valence-corrected chi connectivity index (χ1v) is 15.9. The summed E-state index contributed by atoms with van der Waals surface area (Å²) < 4.78 is 7.02. The molecule has 1 aromatic carbocycles. The molecule has 0 aliphatic heterocycles. The van der Waals surface area contributed by atoms with Crippen molar-refractivity contribution in [3.05, 3.63) is 32.9 Å². The second-order valence-corrected chi connectivity index (χ2v) is 20.2. The van der Waals surface area contributed by atoms with Crippen molar-refractivity contribution in [1.29, 1.82) is 0 Å². The van der Waals surface area contributed by atoms with Gasteiger partial charge in [0.2, 0.25) is 0 Å². The molecule has 0 amide bonds. The first kappa shape index (κ1) is 12.0. The minimum absolute atomic E-state index is 0.981. The summed E-state index contributed by atoms with van der Waals surface area (Å²) in [5.41, 5.74) is 2.85. The Kier molecular flexibility index (Phi) is 3.34. The zero-order chi connectivity index (χ0) is 11.8. The molecule has 1 nitrogen and oxygen atoms in total. The van der Waals surface area contributed by atoms with Crippen molar-refractivity contribution in [3.8, 4) is 5.75 Å². The molecule has 0 saturated carbocycles. The van der Waals surface area contributed by atoms with Crippen LogP contribution in [0, 0.1) is 0 Å². The van der Waals surface area contributed by atoms with Gasteiger partial charge in [-0.2, -0.15) is 0 Å². The summed E-state index contributed by atoms with van der Waals surface area (Å²) in [6.45, 7) is 0. The molecule has 2 rings (SSSR count). The Hall–Kier alpha value is -0.441. The average molecular weight is 323 g/mol. The Morgan fingerprint density at radius 2 is 1.88 bits per heavy atom. The van der Waals surface area contributed by atoms with Crippen molar-refractivity contribution >= 4 is 24.5 Å². The maximum absolute atomic E-state index is 5.27. The molecule has 0 unspecified atom stereocenters. The first-order chi connectivity index (χ1) is 7.50. The predicted molar refractivity (Wildman–Crippen MR) is 72.6 cm³/mol. The average Bonchev–Trinajstić information content (AvgIpc) is 2.26. The standard InChI is InChI=1S/C11H11O.3CH3.Sn/c1-12-11-7-6-9-4-2-3-5-10(9)8-11;;;;/h4,6-8H,3,5H2,1H3;3*1H3;. The van der Waals surface area contributed by atoms with Gasteiger partial charge in [-0.1, -0.05) is 0 Å². The molecule has 1 aliphatic carbocycles. The van der Waals surface area contributed by atoms with Gasteiger partial charge in [0.25, 0.3) is 0 Å². The Morgan fingerprint density at radius 1 is 1.12 bits per heavy atom. The molecule has 2 heteroatoms. The Morgan fingerprint density at radius 3 is 2.50 bits per heavy atom. The van der Waals surface area contributed by atoms with Gasteiger partial charge in [0.15, 0.2) is 0 Å². The summed E-state index contributed by atoms with van der Waals surface area (Å²) in [6, 6.07) is 6.45. The Labute approximate surface area is 102 Å². The zero-order valence-electron chi connectivity index (χ0n) is 10.6. The van der Waals surface area contributed by atoms with E-state index in [1.54, 1.807) is 10.7 Å². The second kappa shape index (κ2) is 4.44. The SMILES string of the molecule is COc1ccc2c(c1)CC[C]([Sn]([CH3])([CH3])[CH3])=C2. The fraction of sp³-hybridized carbons (Fsp3) is 0.429. The van der Waals surface area contributed by atoms with E-state index in [2.05, 4.69) is 39.1 Å². The van der Waals surface area contributed by atoms with Gasteiger partial charge in [-0.15, -0.1) is 0 Å². The molecule has 16 heavy (non-hydrogen) atoms. The van der Waals surface area contributed by atoms with E-state index >= 15 is 0 Å². The van der Waals surface area contributed by atoms with E-state index in [0.717, 1.165) is 5.75 Å². The molecule has 1 aromatic rings. The van der Waals surface area contributed by atoms with Crippen LogP contribution in [0.4, 0.5) is 0 Å². The minimum atomic E-state index is -1.84. The van der Waals surface area contributed by atoms with Crippen LogP contribution in [-0.4, -0.2) is 25.5 Å². The van der Waals surface area contributed by atoms with E-state index in [1.807, 2.05) is 0 Å². The van der Waals surface area contributed by atoms with E-state index in [9.17, 15) is 0 Å². The number of benzene rings is 1. The van der Waals surface area contributed by atoms with Gasteiger partial charge < -0.3 is 0 Å². The van der Waals surface area contributed by atoms with E-state index in [0.29, 0.717) is 0 Å². The van der Waals surface area contributed by atoms with Crippen LogP contribution in [0.15, 0.2) is 21.8 Å². The van der Waals surface area contributed by atoms with Crippen LogP contribution in [0.3, 0.4) is 0 Å². The monoisotopic (exact) mass is 324 g/mol. The topological polar surface area (TPSA) is 9.23 Å². The van der Waals surface area contributed by atoms with Gasteiger partial charge in [-0.05, 0) is 0 Å². The van der Waals surface area contributed by atoms with E-state index in [-0.39, 0.29) is 0 Å². The number of hydrogen-bond acceptors (Lipinski definition) is 1. The summed E-state index contributed by atoms with van der Waals surface area (Å²) in [7, 11) is 1.73. The number of hydrogen-bond donors (Lipinski definition) is 0. The molecule has 0 atom stereocenters. The molecule has 0 fully saturated rings. The van der Waals surface area contributed by atoms with E-state index in [4.69, 9.17) is 4.74 Å². The quantitative estimate of drug-likeness (QED) is 0.750. The molecule has 0 N–H and O–H groups in total. The van der Waals surface area contributed by atoms with Gasteiger partial charge in [-0.25, -0.2) is 0 Å². The third kappa shape index (κ3) is 2.45. The molecule has 1 aliphatic rings. The van der Waals surface area contributed by atoms with Crippen LogP contribution in [0.25, 0.3) is 6.08 Å². The van der Waals surface area contributed by atoms with Gasteiger partial charge in [0.05, 0.1) is 0 Å². The van der Waals surface area contributed by atoms with Gasteiger partial charge in [-0.3, -0.25) is 0 Å². The fourth-order valence-corrected chi connectivity index (χ4v) is 6.36. The van der Waals surface area contributed by atoms with Crippen molar-refractivity contribution in [1.82, 2.24) is 0 Å². The molecule has 0 heterocycles. The second-order valence-electron chi connectivity index (χ2n) is 5.48. The molecule has 0 saturated heterocycles. The zero-order valence-corrected chi connectivity index (χ0v) is 13.5. The van der Waals surface area contributed by atoms with Gasteiger partial charge >= 0.3 is 103 Å². The summed E-state index contributed by atoms with van der Waals surface area (Å²) >= 11 is -1.84. The van der Waals surface area contributed by atoms with E-state index in [1.165, 1.54) is 24.0 Å². The molecule has 86 valence electrons. The summed E-state index contributed by atoms with van der Waals surface area (Å²) in [6.07, 6.45) is 4.89. The van der Waals surface area contributed by atoms with Crippen LogP contribution in [-0.2, 0) is 6.42 Å². The Bertz CT molecular complexity index is 427. The third-order valence-electron chi connectivity index (χ3n) is 3.31. The van der Waals surface area contributed by atoms with Crippen molar-refractivity contribution in [2.75, 3.05) is 7.11 Å². The van der Waals surface area contributed by atoms with Gasteiger partial charge in [0.1, 0.15) is 0 Å².